The minimum Gasteiger partial charge on any atom is -0.493 e. The number of aromatic nitrogens is 2. The zero-order valence-electron chi connectivity index (χ0n) is 15.7. The third kappa shape index (κ3) is 4.11. The van der Waals surface area contributed by atoms with Crippen molar-refractivity contribution in [2.75, 3.05) is 19.5 Å². The van der Waals surface area contributed by atoms with E-state index in [-0.39, 0.29) is 5.91 Å². The van der Waals surface area contributed by atoms with Crippen LogP contribution >= 0.6 is 0 Å². The molecule has 0 fully saturated rings. The first kappa shape index (κ1) is 18.5. The van der Waals surface area contributed by atoms with Crippen LogP contribution in [0.2, 0.25) is 0 Å². The van der Waals surface area contributed by atoms with Crippen molar-refractivity contribution in [3.05, 3.63) is 60.7 Å². The first-order valence-corrected chi connectivity index (χ1v) is 8.80. The topological polar surface area (TPSA) is 65.4 Å². The molecule has 3 rings (SSSR count). The zero-order chi connectivity index (χ0) is 19.2. The lowest BCUT2D eigenvalue weighted by atomic mass is 10.1. The number of anilines is 1. The summed E-state index contributed by atoms with van der Waals surface area (Å²) in [5, 5.41) is 2.94. The molecular weight excluding hydrogens is 342 g/mol. The lowest BCUT2D eigenvalue weighted by Crippen LogP contribution is -2.16. The number of aryl methyl sites for hydroxylation is 1. The Kier molecular flexibility index (Phi) is 5.76. The number of nitrogens with one attached hydrogen (secondary N) is 1. The van der Waals surface area contributed by atoms with Gasteiger partial charge in [0.2, 0.25) is 0 Å². The number of ether oxygens (including phenoxy) is 2. The van der Waals surface area contributed by atoms with Gasteiger partial charge >= 0.3 is 0 Å². The van der Waals surface area contributed by atoms with E-state index < -0.39 is 0 Å². The van der Waals surface area contributed by atoms with Crippen LogP contribution in [0.25, 0.3) is 11.1 Å². The van der Waals surface area contributed by atoms with Crippen LogP contribution in [0.15, 0.2) is 55.0 Å². The molecule has 6 nitrogen and oxygen atoms in total. The second kappa shape index (κ2) is 8.40. The first-order valence-electron chi connectivity index (χ1n) is 8.80. The third-order valence-electron chi connectivity index (χ3n) is 4.25. The number of hydrogen-bond donors (Lipinski definition) is 1. The molecule has 0 radical (unpaired) electrons. The van der Waals surface area contributed by atoms with Gasteiger partial charge in [-0.2, -0.15) is 0 Å². The molecule has 0 saturated heterocycles. The van der Waals surface area contributed by atoms with Crippen molar-refractivity contribution in [3.63, 3.8) is 0 Å². The standard InChI is InChI=1S/C21H23N3O3/c1-4-11-24-14-16(15-7-9-22-10-8-15)12-18(24)21(25)23-17-5-6-19(26-2)20(13-17)27-3/h5-10,12-14H,4,11H2,1-3H3,(H,23,25). The summed E-state index contributed by atoms with van der Waals surface area (Å²) in [6, 6.07) is 11.1. The lowest BCUT2D eigenvalue weighted by molar-refractivity contribution is 0.101. The molecule has 1 N–H and O–H groups in total. The molecule has 0 bridgehead atoms. The van der Waals surface area contributed by atoms with E-state index in [2.05, 4.69) is 17.2 Å². The van der Waals surface area contributed by atoms with E-state index >= 15 is 0 Å². The second-order valence-electron chi connectivity index (χ2n) is 6.07. The number of benzene rings is 1. The van der Waals surface area contributed by atoms with E-state index in [4.69, 9.17) is 9.47 Å². The van der Waals surface area contributed by atoms with Gasteiger partial charge in [-0.1, -0.05) is 6.92 Å². The SMILES string of the molecule is CCCn1cc(-c2ccncc2)cc1C(=O)Nc1ccc(OC)c(OC)c1. The van der Waals surface area contributed by atoms with Gasteiger partial charge in [0.25, 0.3) is 5.91 Å². The normalized spacial score (nSPS) is 10.5. The van der Waals surface area contributed by atoms with Gasteiger partial charge in [-0.3, -0.25) is 9.78 Å². The van der Waals surface area contributed by atoms with Crippen LogP contribution in [0.4, 0.5) is 5.69 Å². The van der Waals surface area contributed by atoms with Gasteiger partial charge in [0.05, 0.1) is 14.2 Å². The van der Waals surface area contributed by atoms with Crippen molar-refractivity contribution in [1.82, 2.24) is 9.55 Å². The molecule has 0 unspecified atom stereocenters. The molecule has 2 heterocycles. The van der Waals surface area contributed by atoms with Crippen LogP contribution < -0.4 is 14.8 Å². The summed E-state index contributed by atoms with van der Waals surface area (Å²) in [5.41, 5.74) is 3.27. The van der Waals surface area contributed by atoms with Gasteiger partial charge in [0.1, 0.15) is 5.69 Å². The minimum absolute atomic E-state index is 0.170. The third-order valence-corrected chi connectivity index (χ3v) is 4.25. The fourth-order valence-corrected chi connectivity index (χ4v) is 2.94. The molecule has 140 valence electrons. The van der Waals surface area contributed by atoms with Crippen LogP contribution in [-0.2, 0) is 6.54 Å². The van der Waals surface area contributed by atoms with E-state index in [1.165, 1.54) is 0 Å². The molecule has 0 saturated carbocycles. The molecule has 3 aromatic rings. The van der Waals surface area contributed by atoms with Crippen molar-refractivity contribution in [2.24, 2.45) is 0 Å². The summed E-state index contributed by atoms with van der Waals surface area (Å²) < 4.78 is 12.5. The second-order valence-corrected chi connectivity index (χ2v) is 6.07. The molecule has 0 atom stereocenters. The van der Waals surface area contributed by atoms with Gasteiger partial charge in [0.15, 0.2) is 11.5 Å². The van der Waals surface area contributed by atoms with Gasteiger partial charge in [0, 0.05) is 42.5 Å². The molecule has 0 aliphatic heterocycles. The van der Waals surface area contributed by atoms with Crippen LogP contribution in [-0.4, -0.2) is 29.7 Å². The Labute approximate surface area is 158 Å². The largest absolute Gasteiger partial charge is 0.493 e. The van der Waals surface area contributed by atoms with Crippen molar-refractivity contribution in [3.8, 4) is 22.6 Å². The fraction of sp³-hybridized carbons (Fsp3) is 0.238. The maximum Gasteiger partial charge on any atom is 0.272 e. The number of carbonyl (C=O) groups excluding carboxylic acids is 1. The summed E-state index contributed by atoms with van der Waals surface area (Å²) in [6.07, 6.45) is 6.43. The van der Waals surface area contributed by atoms with Gasteiger partial charge < -0.3 is 19.4 Å². The number of amides is 1. The van der Waals surface area contributed by atoms with E-state index in [0.29, 0.717) is 22.9 Å². The molecule has 27 heavy (non-hydrogen) atoms. The smallest absolute Gasteiger partial charge is 0.272 e. The number of rotatable bonds is 7. The number of hydrogen-bond acceptors (Lipinski definition) is 4. The highest BCUT2D eigenvalue weighted by molar-refractivity contribution is 6.04. The number of nitrogens with zero attached hydrogens (tertiary/aromatic N) is 2. The molecule has 6 heteroatoms. The fourth-order valence-electron chi connectivity index (χ4n) is 2.94. The predicted molar refractivity (Wildman–Crippen MR) is 105 cm³/mol. The Balaban J connectivity index is 1.88. The van der Waals surface area contributed by atoms with E-state index in [1.54, 1.807) is 44.8 Å². The Morgan fingerprint density at radius 3 is 2.44 bits per heavy atom. The Hall–Kier alpha value is -3.28. The summed E-state index contributed by atoms with van der Waals surface area (Å²) in [6.45, 7) is 2.85. The van der Waals surface area contributed by atoms with E-state index in [0.717, 1.165) is 24.1 Å². The molecular formula is C21H23N3O3. The van der Waals surface area contributed by atoms with Gasteiger partial charge in [-0.05, 0) is 42.3 Å². The summed E-state index contributed by atoms with van der Waals surface area (Å²) in [5.74, 6) is 1.01. The maximum absolute atomic E-state index is 12.9. The molecule has 0 aliphatic rings. The number of carbonyl (C=O) groups is 1. The number of methoxy groups -OCH3 is 2. The van der Waals surface area contributed by atoms with Crippen molar-refractivity contribution in [2.45, 2.75) is 19.9 Å². The summed E-state index contributed by atoms with van der Waals surface area (Å²) >= 11 is 0. The molecule has 1 aromatic carbocycles. The molecule has 2 aromatic heterocycles. The van der Waals surface area contributed by atoms with E-state index in [9.17, 15) is 4.79 Å². The highest BCUT2D eigenvalue weighted by Gasteiger charge is 2.15. The quantitative estimate of drug-likeness (QED) is 0.680. The minimum atomic E-state index is -0.170. The molecule has 0 spiro atoms. The Bertz CT molecular complexity index is 920. The highest BCUT2D eigenvalue weighted by atomic mass is 16.5. The summed E-state index contributed by atoms with van der Waals surface area (Å²) in [7, 11) is 3.14. The van der Waals surface area contributed by atoms with Crippen molar-refractivity contribution in [1.29, 1.82) is 0 Å². The van der Waals surface area contributed by atoms with E-state index in [1.807, 2.05) is 29.0 Å². The Morgan fingerprint density at radius 2 is 1.78 bits per heavy atom. The van der Waals surface area contributed by atoms with Crippen molar-refractivity contribution < 1.29 is 14.3 Å². The monoisotopic (exact) mass is 365 g/mol. The van der Waals surface area contributed by atoms with Gasteiger partial charge in [-0.25, -0.2) is 0 Å². The Morgan fingerprint density at radius 1 is 1.04 bits per heavy atom. The average molecular weight is 365 g/mol. The van der Waals surface area contributed by atoms with Crippen LogP contribution in [0.3, 0.4) is 0 Å². The average Bonchev–Trinajstić information content (AvgIpc) is 3.13. The van der Waals surface area contributed by atoms with Crippen LogP contribution in [0.5, 0.6) is 11.5 Å². The zero-order valence-corrected chi connectivity index (χ0v) is 15.7. The maximum atomic E-state index is 12.9. The number of pyridine rings is 1. The highest BCUT2D eigenvalue weighted by Crippen LogP contribution is 2.30. The van der Waals surface area contributed by atoms with Crippen LogP contribution in [0.1, 0.15) is 23.8 Å². The lowest BCUT2D eigenvalue weighted by Gasteiger charge is -2.11. The van der Waals surface area contributed by atoms with Gasteiger partial charge in [-0.15, -0.1) is 0 Å². The van der Waals surface area contributed by atoms with Crippen molar-refractivity contribution >= 4 is 11.6 Å². The summed E-state index contributed by atoms with van der Waals surface area (Å²) in [4.78, 5) is 16.9. The first-order chi connectivity index (χ1) is 13.2. The molecule has 0 aliphatic carbocycles. The van der Waals surface area contributed by atoms with Crippen LogP contribution in [0, 0.1) is 0 Å². The molecule has 1 amide bonds. The predicted octanol–water partition coefficient (Wildman–Crippen LogP) is 4.23.